The Balaban J connectivity index is 0.000000223. The second kappa shape index (κ2) is 46.8. The van der Waals surface area contributed by atoms with Gasteiger partial charge in [0.05, 0.1) is 31.0 Å². The molecule has 0 radical (unpaired) electrons. The lowest BCUT2D eigenvalue weighted by Gasteiger charge is -2.34. The number of aromatic nitrogens is 3. The smallest absolute Gasteiger partial charge is 0.305 e. The number of benzene rings is 6. The van der Waals surface area contributed by atoms with E-state index in [-0.39, 0.29) is 70.6 Å². The van der Waals surface area contributed by atoms with E-state index in [0.717, 1.165) is 94.1 Å². The van der Waals surface area contributed by atoms with Crippen molar-refractivity contribution in [3.8, 4) is 33.4 Å². The van der Waals surface area contributed by atoms with E-state index >= 15 is 13.2 Å². The quantitative estimate of drug-likeness (QED) is 0.0227. The van der Waals surface area contributed by atoms with Gasteiger partial charge >= 0.3 is 11.9 Å². The number of carboxylic acid groups (broad SMARTS) is 2. The molecule has 0 spiro atoms. The Morgan fingerprint density at radius 1 is 0.432 bits per heavy atom. The topological polar surface area (TPSA) is 255 Å². The van der Waals surface area contributed by atoms with Crippen LogP contribution in [0.15, 0.2) is 142 Å². The number of aliphatic carboxylic acids is 2. The van der Waals surface area contributed by atoms with Gasteiger partial charge in [-0.05, 0) is 314 Å². The Hall–Kier alpha value is -11.4. The second-order valence-corrected chi connectivity index (χ2v) is 37.6. The summed E-state index contributed by atoms with van der Waals surface area (Å²) in [6.45, 7) is 34.7. The predicted octanol–water partition coefficient (Wildman–Crippen LogP) is 18.9. The van der Waals surface area contributed by atoms with E-state index in [1.165, 1.54) is 30.0 Å². The van der Waals surface area contributed by atoms with Gasteiger partial charge in [-0.25, -0.2) is 30.7 Å². The summed E-state index contributed by atoms with van der Waals surface area (Å²) >= 11 is 0. The Morgan fingerprint density at radius 3 is 1.13 bits per heavy atom. The zero-order valence-corrected chi connectivity index (χ0v) is 79.6. The average molecular weight is 1830 g/mol. The van der Waals surface area contributed by atoms with E-state index in [9.17, 15) is 70.9 Å². The number of carbonyl (C=O) groups excluding carboxylic acids is 4. The summed E-state index contributed by atoms with van der Waals surface area (Å²) in [6.07, 6.45) is 4.92. The van der Waals surface area contributed by atoms with Gasteiger partial charge in [0.2, 0.25) is 17.7 Å². The lowest BCUT2D eigenvalue weighted by molar-refractivity contribution is -0.139. The van der Waals surface area contributed by atoms with Crippen molar-refractivity contribution in [2.24, 2.45) is 17.8 Å². The van der Waals surface area contributed by atoms with Crippen LogP contribution in [0.2, 0.25) is 0 Å². The minimum Gasteiger partial charge on any atom is -0.481 e. The molecular formula is C105H130F7N9O11. The van der Waals surface area contributed by atoms with Crippen molar-refractivity contribution in [3.63, 3.8) is 0 Å². The zero-order chi connectivity index (χ0) is 97.3. The van der Waals surface area contributed by atoms with E-state index in [1.54, 1.807) is 69.4 Å². The third kappa shape index (κ3) is 27.6. The molecule has 132 heavy (non-hydrogen) atoms. The molecule has 6 aromatic carbocycles. The van der Waals surface area contributed by atoms with E-state index in [4.69, 9.17) is 0 Å². The van der Waals surface area contributed by atoms with E-state index in [2.05, 4.69) is 20.9 Å². The van der Waals surface area contributed by atoms with Crippen molar-refractivity contribution in [2.45, 2.75) is 237 Å². The van der Waals surface area contributed by atoms with E-state index < -0.39 is 131 Å². The fourth-order valence-corrected chi connectivity index (χ4v) is 17.8. The molecule has 11 rings (SSSR count). The van der Waals surface area contributed by atoms with Crippen LogP contribution in [0, 0.1) is 116 Å². The number of hydrogen-bond acceptors (Lipinski definition) is 12. The molecule has 27 heteroatoms. The highest BCUT2D eigenvalue weighted by Gasteiger charge is 2.36. The van der Waals surface area contributed by atoms with Crippen molar-refractivity contribution in [1.29, 1.82) is 0 Å². The van der Waals surface area contributed by atoms with Gasteiger partial charge in [-0.3, -0.25) is 48.1 Å². The van der Waals surface area contributed by atoms with E-state index in [1.807, 2.05) is 169 Å². The molecule has 20 nitrogen and oxygen atoms in total. The molecule has 3 aromatic heterocycles. The first-order chi connectivity index (χ1) is 62.2. The van der Waals surface area contributed by atoms with Crippen LogP contribution >= 0.6 is 0 Å². The van der Waals surface area contributed by atoms with Gasteiger partial charge < -0.3 is 49.7 Å². The number of hydrogen-bond donors (Lipinski definition) is 5. The summed E-state index contributed by atoms with van der Waals surface area (Å²) < 4.78 is 108. The molecule has 5 heterocycles. The summed E-state index contributed by atoms with van der Waals surface area (Å²) in [4.78, 5) is 123. The molecule has 0 bridgehead atoms. The highest BCUT2D eigenvalue weighted by atomic mass is 19.2. The number of alkyl halides is 2. The van der Waals surface area contributed by atoms with Crippen LogP contribution in [0.4, 0.5) is 30.7 Å². The minimum absolute atomic E-state index is 0.00898. The van der Waals surface area contributed by atoms with Crippen LogP contribution in [0.3, 0.4) is 0 Å². The van der Waals surface area contributed by atoms with Crippen LogP contribution in [-0.4, -0.2) is 146 Å². The highest BCUT2D eigenvalue weighted by molar-refractivity contribution is 5.85. The molecule has 9 aromatic rings. The number of amides is 3. The fourth-order valence-electron chi connectivity index (χ4n) is 17.8. The van der Waals surface area contributed by atoms with Gasteiger partial charge in [0.15, 0.2) is 11.6 Å². The highest BCUT2D eigenvalue weighted by Crippen LogP contribution is 2.39. The van der Waals surface area contributed by atoms with Crippen molar-refractivity contribution in [1.82, 2.24) is 44.4 Å². The van der Waals surface area contributed by atoms with Gasteiger partial charge in [-0.2, -0.15) is 0 Å². The van der Waals surface area contributed by atoms with Crippen molar-refractivity contribution in [2.75, 3.05) is 59.9 Å². The van der Waals surface area contributed by atoms with Gasteiger partial charge in [0, 0.05) is 93.6 Å². The first-order valence-electron chi connectivity index (χ1n) is 45.5. The van der Waals surface area contributed by atoms with Gasteiger partial charge in [-0.1, -0.05) is 96.1 Å². The average Bonchev–Trinajstić information content (AvgIpc) is 1.00. The Bertz CT molecular complexity index is 5800. The first kappa shape index (κ1) is 104. The molecule has 0 saturated carbocycles. The Labute approximate surface area is 770 Å². The summed E-state index contributed by atoms with van der Waals surface area (Å²) in [5, 5.41) is 28.0. The maximum Gasteiger partial charge on any atom is 0.305 e. The van der Waals surface area contributed by atoms with Gasteiger partial charge in [0.25, 0.3) is 16.7 Å². The molecule has 2 saturated heterocycles. The molecule has 7 atom stereocenters. The Kier molecular flexibility index (Phi) is 37.0. The number of Topliss-reactive ketones (excluding diaryl/α,β-unsaturated/α-hetero) is 1. The number of pyridine rings is 3. The number of halogens is 7. The van der Waals surface area contributed by atoms with Crippen molar-refractivity contribution >= 4 is 35.4 Å². The number of ketones is 1. The summed E-state index contributed by atoms with van der Waals surface area (Å²) in [7, 11) is 3.95. The SMILES string of the molecule is CC(=O)C[C@H](NC(=O)C(CC(C)C)n1cc(CCN2CC[C@@H](F)C2)cc(F)c1=O)c1cc(-c2c(C)cccc2C)cc(C)c1F.Cc1cc(-c2c(C)cccc2C)cc([C@H](CC(=O)O)NC(=O)C(CC(C)C)n2cc(CCN3CC(F)C3)cc(F)c2=O)c1F.Cc1cc(=O)n(C(CCC(C)C)C(=O)N[C@@H](CC(=O)O)c2cc(-c3c(C)cccc3C)cc(C)c2F)cc1CCN(C)C. The number of carboxylic acids is 2. The van der Waals surface area contributed by atoms with Crippen LogP contribution in [0.1, 0.15) is 225 Å². The van der Waals surface area contributed by atoms with Crippen LogP contribution < -0.4 is 32.6 Å². The maximum atomic E-state index is 15.8. The number of carbonyl (C=O) groups is 6. The molecule has 2 aliphatic rings. The number of likely N-dealkylation sites (N-methyl/N-ethyl adjacent to an activating group) is 1. The molecule has 3 amide bonds. The molecule has 2 fully saturated rings. The minimum atomic E-state index is -1.26. The second-order valence-electron chi connectivity index (χ2n) is 37.6. The van der Waals surface area contributed by atoms with Crippen molar-refractivity contribution in [3.05, 3.63) is 277 Å². The molecular weight excluding hydrogens is 1700 g/mol. The lowest BCUT2D eigenvalue weighted by Crippen LogP contribution is -2.49. The summed E-state index contributed by atoms with van der Waals surface area (Å²) in [6, 6.07) is 24.9. The predicted molar refractivity (Wildman–Crippen MR) is 504 cm³/mol. The standard InChI is InChI=1S/C36H44F3N3O3.C35H46FN3O4.C34H40F3N3O4/c1-21(2)14-32(42-19-26(17-30(38)36(42)45)10-12-41-13-11-28(37)20-41)35(44)40-31(16-25(6)43)29-18-27(15-24(5)34(29)39)33-22(3)8-7-9-23(33)4;1-21(2)12-13-30(39-20-26(14-15-38(7)8)24(5)17-31(39)40)35(43)37-29(19-32(41)42)28-18-27(16-25(6)34(28)36)33-22(3)10-9-11-23(33)4;1-19(2)11-29(40-16-23(13-27(36)34(40)44)9-10-39-17-25(35)18-39)33(43)38-28(15-30(41)42)26-14-24(12-22(5)32(26)37)31-20(3)7-6-8-21(31)4/h7-9,15,17-19,21,28,31-32H,10-14,16,20H2,1-6H3,(H,40,44);9-11,16-18,20-21,29-30H,12-15,19H2,1-8H3,(H,37,43)(H,41,42);6-8,12-14,16,19,25,28-29H,9-11,15,17-18H2,1-5H3,(H,38,43)(H,41,42)/t28-,31+,32?;29-,30?;28-,29?/m100/s1. The van der Waals surface area contributed by atoms with Crippen molar-refractivity contribution < 1.29 is 69.7 Å². The van der Waals surface area contributed by atoms with Crippen LogP contribution in [-0.2, 0) is 48.0 Å². The largest absolute Gasteiger partial charge is 0.481 e. The molecule has 2 aliphatic heterocycles. The first-order valence-corrected chi connectivity index (χ1v) is 45.5. The summed E-state index contributed by atoms with van der Waals surface area (Å²) in [5.74, 6) is -8.13. The summed E-state index contributed by atoms with van der Waals surface area (Å²) in [5.41, 5.74) is 12.8. The van der Waals surface area contributed by atoms with E-state index in [0.29, 0.717) is 106 Å². The van der Waals surface area contributed by atoms with Gasteiger partial charge in [-0.15, -0.1) is 0 Å². The number of likely N-dealkylation sites (tertiary alicyclic amines) is 2. The fraction of sp³-hybridized carbons (Fsp3) is 0.457. The Morgan fingerprint density at radius 2 is 0.795 bits per heavy atom. The monoisotopic (exact) mass is 1830 g/mol. The number of nitrogens with zero attached hydrogens (tertiary/aromatic N) is 6. The lowest BCUT2D eigenvalue weighted by atomic mass is 9.90. The van der Waals surface area contributed by atoms with Crippen LogP contribution in [0.25, 0.3) is 33.4 Å². The number of nitrogens with one attached hydrogen (secondary N) is 3. The zero-order valence-electron chi connectivity index (χ0n) is 79.6. The molecule has 0 aliphatic carbocycles. The van der Waals surface area contributed by atoms with Gasteiger partial charge in [0.1, 0.15) is 53.7 Å². The maximum absolute atomic E-state index is 15.8. The molecule has 710 valence electrons. The van der Waals surface area contributed by atoms with Crippen LogP contribution in [0.5, 0.6) is 0 Å². The third-order valence-electron chi connectivity index (χ3n) is 24.7. The molecule has 3 unspecified atom stereocenters. The number of rotatable bonds is 37. The normalized spacial score (nSPS) is 14.9. The third-order valence-corrected chi connectivity index (χ3v) is 24.7. The number of aryl methyl sites for hydroxylation is 10. The molecule has 5 N–H and O–H groups in total.